The van der Waals surface area contributed by atoms with Crippen LogP contribution < -0.4 is 10.2 Å². The minimum Gasteiger partial charge on any atom is -0.315 e. The van der Waals surface area contributed by atoms with Gasteiger partial charge < -0.3 is 5.32 Å². The molecule has 7 nitrogen and oxygen atoms in total. The average Bonchev–Trinajstić information content (AvgIpc) is 3.36. The number of hydrogen-bond acceptors (Lipinski definition) is 5. The van der Waals surface area contributed by atoms with E-state index in [0.29, 0.717) is 22.9 Å². The molecule has 1 fully saturated rings. The first kappa shape index (κ1) is 19.0. The van der Waals surface area contributed by atoms with Crippen molar-refractivity contribution in [3.05, 3.63) is 70.8 Å². The fourth-order valence-electron chi connectivity index (χ4n) is 4.50. The molecule has 1 aliphatic heterocycles. The van der Waals surface area contributed by atoms with Gasteiger partial charge in [-0.3, -0.25) is 14.4 Å². The van der Waals surface area contributed by atoms with Gasteiger partial charge in [0.15, 0.2) is 0 Å². The van der Waals surface area contributed by atoms with Crippen molar-refractivity contribution in [1.29, 1.82) is 0 Å². The lowest BCUT2D eigenvalue weighted by molar-refractivity contribution is 0.0968. The highest BCUT2D eigenvalue weighted by Crippen LogP contribution is 2.34. The summed E-state index contributed by atoms with van der Waals surface area (Å²) in [5.41, 5.74) is 1.23. The number of rotatable bonds is 4. The number of nitrogens with one attached hydrogen (secondary N) is 1. The number of pyridine rings is 1. The third-order valence-electron chi connectivity index (χ3n) is 6.08. The van der Waals surface area contributed by atoms with Crippen molar-refractivity contribution >= 4 is 34.1 Å². The molecule has 9 heteroatoms. The highest BCUT2D eigenvalue weighted by Gasteiger charge is 2.32. The predicted molar refractivity (Wildman–Crippen MR) is 131 cm³/mol. The van der Waals surface area contributed by atoms with Gasteiger partial charge in [-0.05, 0) is 67.6 Å². The second kappa shape index (κ2) is 9.12. The fourth-order valence-corrected chi connectivity index (χ4v) is 4.79. The van der Waals surface area contributed by atoms with Crippen molar-refractivity contribution in [2.75, 3.05) is 18.0 Å². The van der Waals surface area contributed by atoms with Gasteiger partial charge in [0.25, 0.3) is 5.91 Å². The molecule has 3 heterocycles. The highest BCUT2D eigenvalue weighted by molar-refractivity contribution is 6.31. The number of aromatic nitrogens is 4. The molecular formula is C25H24ClFN6O. The molecule has 0 radical (unpaired) electrons. The quantitative estimate of drug-likeness (QED) is 0.463. The molecule has 0 unspecified atom stereocenters. The van der Waals surface area contributed by atoms with Crippen molar-refractivity contribution in [2.45, 2.75) is 25.8 Å². The molecule has 0 bridgehead atoms. The third-order valence-corrected chi connectivity index (χ3v) is 6.30. The number of nitrogens with zero attached hydrogens (tertiary/aromatic N) is 5. The second-order valence-electron chi connectivity index (χ2n) is 8.37. The van der Waals surface area contributed by atoms with Crippen LogP contribution in [0.4, 0.5) is 10.2 Å². The first-order valence-electron chi connectivity index (χ1n) is 12.5. The maximum atomic E-state index is 15.4. The zero-order valence-electron chi connectivity index (χ0n) is 21.4. The van der Waals surface area contributed by atoms with Crippen molar-refractivity contribution in [3.8, 4) is 11.3 Å². The van der Waals surface area contributed by atoms with Crippen molar-refractivity contribution in [1.82, 2.24) is 25.3 Å². The Hall–Kier alpha value is -3.36. The van der Waals surface area contributed by atoms with Crippen LogP contribution in [0.2, 0.25) is 5.02 Å². The summed E-state index contributed by atoms with van der Waals surface area (Å²) in [6, 6.07) is 9.33. The number of carbonyl (C=O) groups excluding carboxylic acids is 1. The Kier molecular flexibility index (Phi) is 5.09. The molecule has 2 aromatic heterocycles. The molecule has 5 rings (SSSR count). The molecule has 174 valence electrons. The fraction of sp³-hybridized carbons (Fsp3) is 0.280. The number of piperidine rings is 1. The largest absolute Gasteiger partial charge is 0.315 e. The van der Waals surface area contributed by atoms with E-state index >= 15 is 4.39 Å². The molecule has 1 aliphatic rings. The first-order chi connectivity index (χ1) is 17.6. The molecule has 0 saturated carbocycles. The van der Waals surface area contributed by atoms with Crippen LogP contribution in [-0.2, 0) is 6.98 Å². The van der Waals surface area contributed by atoms with E-state index < -0.39 is 18.7 Å². The summed E-state index contributed by atoms with van der Waals surface area (Å²) >= 11 is 6.27. The minimum atomic E-state index is -2.50. The van der Waals surface area contributed by atoms with E-state index in [2.05, 4.69) is 20.6 Å². The Bertz CT molecular complexity index is 1490. The van der Waals surface area contributed by atoms with Gasteiger partial charge >= 0.3 is 0 Å². The monoisotopic (exact) mass is 481 g/mol. The van der Waals surface area contributed by atoms with Crippen LogP contribution in [0.3, 0.4) is 0 Å². The van der Waals surface area contributed by atoms with Crippen LogP contribution in [0, 0.1) is 12.7 Å². The molecule has 0 spiro atoms. The predicted octanol–water partition coefficient (Wildman–Crippen LogP) is 4.53. The number of fused-ring (bicyclic) bond motifs is 1. The highest BCUT2D eigenvalue weighted by atomic mass is 35.5. The number of halogens is 2. The number of hydrogen-bond donors (Lipinski definition) is 1. The number of benzene rings is 2. The van der Waals surface area contributed by atoms with Crippen molar-refractivity contribution in [2.24, 2.45) is 6.98 Å². The van der Waals surface area contributed by atoms with Gasteiger partial charge in [0.1, 0.15) is 17.3 Å². The van der Waals surface area contributed by atoms with E-state index in [1.54, 1.807) is 11.1 Å². The molecule has 2 aromatic carbocycles. The molecule has 0 aliphatic carbocycles. The lowest BCUT2D eigenvalue weighted by Gasteiger charge is -2.35. The smallest absolute Gasteiger partial charge is 0.262 e. The number of anilines is 1. The summed E-state index contributed by atoms with van der Waals surface area (Å²) in [6.07, 6.45) is 4.45. The molecule has 1 saturated heterocycles. The van der Waals surface area contributed by atoms with E-state index in [1.807, 2.05) is 25.1 Å². The Morgan fingerprint density at radius 3 is 2.94 bits per heavy atom. The molecule has 1 atom stereocenters. The SMILES string of the molecule is [2H]C([2H])([2H])n1cc(-c2ccc(C(=O)N(c3nccc4cc(Cl)cc(C)c34)[C@@H]3CCCNC3)c(F)c2)nn1. The van der Waals surface area contributed by atoms with Crippen molar-refractivity contribution < 1.29 is 13.3 Å². The Balaban J connectivity index is 1.57. The summed E-state index contributed by atoms with van der Waals surface area (Å²) in [7, 11) is 0. The number of amides is 1. The lowest BCUT2D eigenvalue weighted by Crippen LogP contribution is -2.49. The van der Waals surface area contributed by atoms with Gasteiger partial charge in [-0.2, -0.15) is 0 Å². The van der Waals surface area contributed by atoms with Gasteiger partial charge in [-0.1, -0.05) is 22.9 Å². The summed E-state index contributed by atoms with van der Waals surface area (Å²) in [4.78, 5) is 20.1. The second-order valence-corrected chi connectivity index (χ2v) is 8.81. The minimum absolute atomic E-state index is 0.122. The summed E-state index contributed by atoms with van der Waals surface area (Å²) in [5, 5.41) is 13.0. The summed E-state index contributed by atoms with van der Waals surface area (Å²) in [5.74, 6) is -0.813. The van der Waals surface area contributed by atoms with Crippen LogP contribution in [0.5, 0.6) is 0 Å². The summed E-state index contributed by atoms with van der Waals surface area (Å²) < 4.78 is 38.5. The van der Waals surface area contributed by atoms with E-state index in [0.717, 1.165) is 40.4 Å². The van der Waals surface area contributed by atoms with Crippen LogP contribution in [0.25, 0.3) is 22.0 Å². The topological polar surface area (TPSA) is 75.9 Å². The Morgan fingerprint density at radius 1 is 1.32 bits per heavy atom. The molecule has 4 aromatic rings. The van der Waals surface area contributed by atoms with Crippen LogP contribution in [0.15, 0.2) is 48.8 Å². The lowest BCUT2D eigenvalue weighted by atomic mass is 10.0. The van der Waals surface area contributed by atoms with Crippen LogP contribution in [-0.4, -0.2) is 45.0 Å². The van der Waals surface area contributed by atoms with Gasteiger partial charge in [0.05, 0.1) is 17.8 Å². The number of carbonyl (C=O) groups is 1. The number of aryl methyl sites for hydroxylation is 2. The maximum absolute atomic E-state index is 15.4. The first-order valence-corrected chi connectivity index (χ1v) is 11.3. The maximum Gasteiger partial charge on any atom is 0.262 e. The average molecular weight is 482 g/mol. The van der Waals surface area contributed by atoms with Gasteiger partial charge in [-0.15, -0.1) is 5.10 Å². The van der Waals surface area contributed by atoms with Gasteiger partial charge in [-0.25, -0.2) is 9.37 Å². The molecule has 1 N–H and O–H groups in total. The van der Waals surface area contributed by atoms with Crippen LogP contribution >= 0.6 is 11.6 Å². The Labute approximate surface area is 205 Å². The molecule has 34 heavy (non-hydrogen) atoms. The van der Waals surface area contributed by atoms with Crippen molar-refractivity contribution in [3.63, 3.8) is 0 Å². The molecular weight excluding hydrogens is 455 g/mol. The van der Waals surface area contributed by atoms with E-state index in [4.69, 9.17) is 15.7 Å². The van der Waals surface area contributed by atoms with E-state index in [1.165, 1.54) is 24.4 Å². The third kappa shape index (κ3) is 4.15. The molecule has 1 amide bonds. The summed E-state index contributed by atoms with van der Waals surface area (Å²) in [6.45, 7) is 0.801. The zero-order chi connectivity index (χ0) is 26.3. The van der Waals surface area contributed by atoms with Crippen LogP contribution in [0.1, 0.15) is 32.9 Å². The standard InChI is InChI=1S/C25H24ClFN6O/c1-15-10-18(26)11-17-7-9-29-24(23(15)17)33(19-4-3-8-28-13-19)25(34)20-6-5-16(12-21(20)27)22-14-32(2)31-30-22/h5-7,9-12,14,19,28H,3-4,8,13H2,1-2H3/t19-/m1/s1/i2D3. The van der Waals surface area contributed by atoms with E-state index in [-0.39, 0.29) is 17.3 Å². The Morgan fingerprint density at radius 2 is 2.21 bits per heavy atom. The zero-order valence-corrected chi connectivity index (χ0v) is 19.2. The van der Waals surface area contributed by atoms with E-state index in [9.17, 15) is 4.79 Å². The normalized spacial score (nSPS) is 17.7. The van der Waals surface area contributed by atoms with Gasteiger partial charge in [0, 0.05) is 39.8 Å². The van der Waals surface area contributed by atoms with Gasteiger partial charge in [0.2, 0.25) is 0 Å².